The van der Waals surface area contributed by atoms with Gasteiger partial charge in [0.15, 0.2) is 5.13 Å². The molecule has 1 atom stereocenters. The first-order valence-electron chi connectivity index (χ1n) is 7.98. The van der Waals surface area contributed by atoms with E-state index in [2.05, 4.69) is 15.5 Å². The predicted octanol–water partition coefficient (Wildman–Crippen LogP) is 3.47. The van der Waals surface area contributed by atoms with Crippen LogP contribution in [-0.4, -0.2) is 34.0 Å². The molecule has 1 aliphatic heterocycles. The maximum atomic E-state index is 13.0. The highest BCUT2D eigenvalue weighted by Gasteiger charge is 2.35. The third-order valence-electron chi connectivity index (χ3n) is 4.25. The van der Waals surface area contributed by atoms with Crippen molar-refractivity contribution in [2.24, 2.45) is 0 Å². The monoisotopic (exact) mass is 334 g/mol. The molecular formula is C16H22N4O2S. The van der Waals surface area contributed by atoms with E-state index in [-0.39, 0.29) is 11.9 Å². The molecule has 1 saturated heterocycles. The van der Waals surface area contributed by atoms with Gasteiger partial charge in [0.1, 0.15) is 10.6 Å². The van der Waals surface area contributed by atoms with Gasteiger partial charge in [-0.1, -0.05) is 16.5 Å². The van der Waals surface area contributed by atoms with Crippen LogP contribution in [0.25, 0.3) is 0 Å². The van der Waals surface area contributed by atoms with Crippen LogP contribution < -0.4 is 5.32 Å². The molecule has 0 aliphatic carbocycles. The normalized spacial score (nSPS) is 17.7. The number of thiazole rings is 1. The van der Waals surface area contributed by atoms with E-state index >= 15 is 0 Å². The second kappa shape index (κ2) is 6.31. The van der Waals surface area contributed by atoms with Gasteiger partial charge in [-0.15, -0.1) is 0 Å². The first kappa shape index (κ1) is 16.0. The van der Waals surface area contributed by atoms with Crippen LogP contribution in [0.15, 0.2) is 4.52 Å². The highest BCUT2D eigenvalue weighted by Crippen LogP contribution is 2.37. The highest BCUT2D eigenvalue weighted by atomic mass is 32.1. The van der Waals surface area contributed by atoms with Crippen molar-refractivity contribution in [3.8, 4) is 0 Å². The van der Waals surface area contributed by atoms with Gasteiger partial charge in [0.2, 0.25) is 0 Å². The van der Waals surface area contributed by atoms with Gasteiger partial charge in [-0.3, -0.25) is 4.79 Å². The fraction of sp³-hybridized carbons (Fsp3) is 0.562. The number of hydrogen-bond donors (Lipinski definition) is 1. The number of hydrogen-bond acceptors (Lipinski definition) is 6. The lowest BCUT2D eigenvalue weighted by atomic mass is 10.0. The number of nitrogens with zero attached hydrogens (tertiary/aromatic N) is 3. The lowest BCUT2D eigenvalue weighted by Crippen LogP contribution is -2.30. The van der Waals surface area contributed by atoms with Gasteiger partial charge in [0, 0.05) is 18.7 Å². The average Bonchev–Trinajstić information content (AvgIpc) is 3.19. The summed E-state index contributed by atoms with van der Waals surface area (Å²) in [7, 11) is 0. The van der Waals surface area contributed by atoms with Crippen LogP contribution in [0.3, 0.4) is 0 Å². The Labute approximate surface area is 139 Å². The number of anilines is 1. The van der Waals surface area contributed by atoms with E-state index < -0.39 is 0 Å². The Morgan fingerprint density at radius 3 is 2.83 bits per heavy atom. The average molecular weight is 334 g/mol. The maximum absolute atomic E-state index is 13.0. The summed E-state index contributed by atoms with van der Waals surface area (Å²) in [5.74, 6) is 0.869. The number of likely N-dealkylation sites (tertiary alicyclic amines) is 1. The molecule has 6 nitrogen and oxygen atoms in total. The fourth-order valence-electron chi connectivity index (χ4n) is 3.23. The third kappa shape index (κ3) is 2.85. The minimum Gasteiger partial charge on any atom is -0.362 e. The Balaban J connectivity index is 1.89. The molecule has 2 aromatic heterocycles. The van der Waals surface area contributed by atoms with Crippen molar-refractivity contribution in [2.75, 3.05) is 18.4 Å². The molecular weight excluding hydrogens is 312 g/mol. The summed E-state index contributed by atoms with van der Waals surface area (Å²) in [5.41, 5.74) is 2.73. The van der Waals surface area contributed by atoms with Crippen LogP contribution in [0, 0.1) is 20.8 Å². The number of rotatable bonds is 4. The Kier molecular flexibility index (Phi) is 4.39. The number of nitrogens with one attached hydrogen (secondary N) is 1. The summed E-state index contributed by atoms with van der Waals surface area (Å²) in [6.45, 7) is 9.33. The smallest absolute Gasteiger partial charge is 0.266 e. The molecule has 0 saturated carbocycles. The van der Waals surface area contributed by atoms with Gasteiger partial charge in [-0.25, -0.2) is 4.98 Å². The van der Waals surface area contributed by atoms with Gasteiger partial charge >= 0.3 is 0 Å². The van der Waals surface area contributed by atoms with Crippen molar-refractivity contribution in [3.05, 3.63) is 27.6 Å². The number of aryl methyl sites for hydroxylation is 3. The predicted molar refractivity (Wildman–Crippen MR) is 90.0 cm³/mol. The summed E-state index contributed by atoms with van der Waals surface area (Å²) < 4.78 is 5.29. The first-order valence-corrected chi connectivity index (χ1v) is 8.79. The van der Waals surface area contributed by atoms with E-state index in [1.807, 2.05) is 32.6 Å². The molecule has 3 rings (SSSR count). The van der Waals surface area contributed by atoms with Crippen LogP contribution in [0.5, 0.6) is 0 Å². The van der Waals surface area contributed by atoms with Crippen LogP contribution in [-0.2, 0) is 0 Å². The SMILES string of the molecule is CCNc1nc(C)c(C(=O)N2CCC[C@@H]2c2c(C)noc2C)s1. The van der Waals surface area contributed by atoms with E-state index in [9.17, 15) is 4.79 Å². The summed E-state index contributed by atoms with van der Waals surface area (Å²) in [6.07, 6.45) is 1.95. The Morgan fingerprint density at radius 1 is 1.39 bits per heavy atom. The van der Waals surface area contributed by atoms with E-state index in [1.54, 1.807) is 0 Å². The standard InChI is InChI=1S/C16H22N4O2S/c1-5-17-16-18-10(3)14(23-16)15(21)20-8-6-7-12(20)13-9(2)19-22-11(13)4/h12H,5-8H2,1-4H3,(H,17,18)/t12-/m1/s1. The molecule has 2 aromatic rings. The van der Waals surface area contributed by atoms with Crippen molar-refractivity contribution < 1.29 is 9.32 Å². The van der Waals surface area contributed by atoms with E-state index in [0.717, 1.165) is 58.7 Å². The zero-order valence-electron chi connectivity index (χ0n) is 14.0. The molecule has 0 unspecified atom stereocenters. The zero-order valence-corrected chi connectivity index (χ0v) is 14.8. The zero-order chi connectivity index (χ0) is 16.6. The Morgan fingerprint density at radius 2 is 2.17 bits per heavy atom. The first-order chi connectivity index (χ1) is 11.0. The number of carbonyl (C=O) groups excluding carboxylic acids is 1. The lowest BCUT2D eigenvalue weighted by molar-refractivity contribution is 0.0738. The Bertz CT molecular complexity index is 702. The van der Waals surface area contributed by atoms with Gasteiger partial charge in [-0.05, 0) is 40.5 Å². The summed E-state index contributed by atoms with van der Waals surface area (Å²) >= 11 is 1.43. The van der Waals surface area contributed by atoms with Crippen LogP contribution >= 0.6 is 11.3 Å². The quantitative estimate of drug-likeness (QED) is 0.927. The van der Waals surface area contributed by atoms with Crippen molar-refractivity contribution in [1.82, 2.24) is 15.0 Å². The van der Waals surface area contributed by atoms with Crippen LogP contribution in [0.1, 0.15) is 58.2 Å². The molecule has 0 aromatic carbocycles. The van der Waals surface area contributed by atoms with Crippen LogP contribution in [0.4, 0.5) is 5.13 Å². The van der Waals surface area contributed by atoms with E-state index in [1.165, 1.54) is 11.3 Å². The second-order valence-electron chi connectivity index (χ2n) is 5.86. The molecule has 0 radical (unpaired) electrons. The van der Waals surface area contributed by atoms with Gasteiger partial charge in [0.25, 0.3) is 5.91 Å². The summed E-state index contributed by atoms with van der Waals surface area (Å²) in [5, 5.41) is 8.03. The van der Waals surface area contributed by atoms with Gasteiger partial charge in [0.05, 0.1) is 17.4 Å². The molecule has 7 heteroatoms. The van der Waals surface area contributed by atoms with Crippen molar-refractivity contribution >= 4 is 22.4 Å². The minimum atomic E-state index is 0.0536. The van der Waals surface area contributed by atoms with Gasteiger partial charge < -0.3 is 14.7 Å². The molecule has 1 aliphatic rings. The molecule has 23 heavy (non-hydrogen) atoms. The highest BCUT2D eigenvalue weighted by molar-refractivity contribution is 7.17. The lowest BCUT2D eigenvalue weighted by Gasteiger charge is -2.24. The maximum Gasteiger partial charge on any atom is 0.266 e. The van der Waals surface area contributed by atoms with Crippen molar-refractivity contribution in [3.63, 3.8) is 0 Å². The van der Waals surface area contributed by atoms with E-state index in [0.29, 0.717) is 0 Å². The number of carbonyl (C=O) groups is 1. The van der Waals surface area contributed by atoms with Crippen molar-refractivity contribution in [1.29, 1.82) is 0 Å². The molecule has 1 amide bonds. The molecule has 0 bridgehead atoms. The molecule has 0 spiro atoms. The molecule has 124 valence electrons. The molecule has 1 fully saturated rings. The second-order valence-corrected chi connectivity index (χ2v) is 6.86. The van der Waals surface area contributed by atoms with E-state index in [4.69, 9.17) is 4.52 Å². The molecule has 1 N–H and O–H groups in total. The minimum absolute atomic E-state index is 0.0536. The number of amides is 1. The topological polar surface area (TPSA) is 71.3 Å². The largest absolute Gasteiger partial charge is 0.362 e. The number of aromatic nitrogens is 2. The summed E-state index contributed by atoms with van der Waals surface area (Å²) in [4.78, 5) is 20.1. The third-order valence-corrected chi connectivity index (χ3v) is 5.36. The summed E-state index contributed by atoms with van der Waals surface area (Å²) in [6, 6.07) is 0.0536. The van der Waals surface area contributed by atoms with Gasteiger partial charge in [-0.2, -0.15) is 0 Å². The fourth-order valence-corrected chi connectivity index (χ4v) is 4.22. The Hall–Kier alpha value is -1.89. The van der Waals surface area contributed by atoms with Crippen LogP contribution in [0.2, 0.25) is 0 Å². The molecule has 3 heterocycles. The van der Waals surface area contributed by atoms with Crippen molar-refractivity contribution in [2.45, 2.75) is 46.6 Å².